The van der Waals surface area contributed by atoms with E-state index in [2.05, 4.69) is 20.5 Å². The maximum atomic E-state index is 13.6. The van der Waals surface area contributed by atoms with E-state index in [1.165, 1.54) is 12.1 Å². The third-order valence-electron chi connectivity index (χ3n) is 5.50. The van der Waals surface area contributed by atoms with Gasteiger partial charge in [0.05, 0.1) is 5.52 Å². The van der Waals surface area contributed by atoms with Gasteiger partial charge < -0.3 is 11.1 Å². The van der Waals surface area contributed by atoms with Gasteiger partial charge in [0.15, 0.2) is 5.82 Å². The van der Waals surface area contributed by atoms with E-state index < -0.39 is 6.43 Å². The van der Waals surface area contributed by atoms with Crippen LogP contribution >= 0.6 is 0 Å². The maximum Gasteiger partial charge on any atom is 0.264 e. The predicted octanol–water partition coefficient (Wildman–Crippen LogP) is 6.45. The summed E-state index contributed by atoms with van der Waals surface area (Å²) in [5, 5.41) is 7.20. The second kappa shape index (κ2) is 9.79. The predicted molar refractivity (Wildman–Crippen MR) is 128 cm³/mol. The first-order chi connectivity index (χ1) is 16.0. The number of halogens is 2. The third kappa shape index (κ3) is 4.70. The van der Waals surface area contributed by atoms with Crippen LogP contribution in [0.4, 0.5) is 20.3 Å². The van der Waals surface area contributed by atoms with Gasteiger partial charge in [-0.3, -0.25) is 0 Å². The Bertz CT molecular complexity index is 1300. The minimum atomic E-state index is -2.64. The molecule has 0 saturated carbocycles. The summed E-state index contributed by atoms with van der Waals surface area (Å²) in [6.07, 6.45) is -1.84. The zero-order valence-corrected chi connectivity index (χ0v) is 18.0. The van der Waals surface area contributed by atoms with Crippen molar-refractivity contribution in [1.82, 2.24) is 9.97 Å². The summed E-state index contributed by atoms with van der Waals surface area (Å²) in [6, 6.07) is 18.4. The van der Waals surface area contributed by atoms with Crippen molar-refractivity contribution in [2.24, 2.45) is 10.9 Å². The summed E-state index contributed by atoms with van der Waals surface area (Å²) in [4.78, 5) is 20.8. The van der Waals surface area contributed by atoms with Crippen LogP contribution < -0.4 is 11.1 Å². The molecule has 4 rings (SSSR count). The molecule has 0 aliphatic rings. The van der Waals surface area contributed by atoms with Crippen LogP contribution in [0, 0.1) is 4.91 Å². The molecule has 4 aromatic rings. The number of rotatable bonds is 8. The van der Waals surface area contributed by atoms with Crippen LogP contribution in [0.15, 0.2) is 71.9 Å². The number of aromatic nitrogens is 2. The van der Waals surface area contributed by atoms with Gasteiger partial charge in [-0.1, -0.05) is 49.4 Å². The smallest absolute Gasteiger partial charge is 0.264 e. The summed E-state index contributed by atoms with van der Waals surface area (Å²) in [5.74, 6) is 0.849. The van der Waals surface area contributed by atoms with Gasteiger partial charge in [-0.2, -0.15) is 0 Å². The van der Waals surface area contributed by atoms with Crippen LogP contribution in [0.5, 0.6) is 0 Å². The molecule has 168 valence electrons. The third-order valence-corrected chi connectivity index (χ3v) is 5.50. The Morgan fingerprint density at radius 2 is 1.76 bits per heavy atom. The molecular weight excluding hydrogens is 424 g/mol. The van der Waals surface area contributed by atoms with E-state index in [1.54, 1.807) is 30.3 Å². The van der Waals surface area contributed by atoms with Crippen LogP contribution in [0.3, 0.4) is 0 Å². The number of nitrogens with one attached hydrogen (secondary N) is 1. The number of benzene rings is 3. The highest BCUT2D eigenvalue weighted by Gasteiger charge is 2.18. The number of para-hydroxylation sites is 1. The molecular formula is C25H23F2N5O. The number of fused-ring (bicyclic) bond motifs is 1. The molecule has 33 heavy (non-hydrogen) atoms. The summed E-state index contributed by atoms with van der Waals surface area (Å²) in [6.45, 7) is 2.51. The van der Waals surface area contributed by atoms with E-state index in [9.17, 15) is 13.7 Å². The highest BCUT2D eigenvalue weighted by molar-refractivity contribution is 5.92. The average molecular weight is 447 g/mol. The highest BCUT2D eigenvalue weighted by Crippen LogP contribution is 2.37. The van der Waals surface area contributed by atoms with E-state index in [-0.39, 0.29) is 23.1 Å². The van der Waals surface area contributed by atoms with Gasteiger partial charge in [0, 0.05) is 29.1 Å². The summed E-state index contributed by atoms with van der Waals surface area (Å²) < 4.78 is 27.2. The van der Waals surface area contributed by atoms with Gasteiger partial charge >= 0.3 is 0 Å². The molecule has 3 aromatic carbocycles. The number of hydrogen-bond donors (Lipinski definition) is 2. The van der Waals surface area contributed by atoms with Crippen molar-refractivity contribution in [3.8, 4) is 22.5 Å². The van der Waals surface area contributed by atoms with Crippen molar-refractivity contribution in [1.29, 1.82) is 0 Å². The zero-order valence-electron chi connectivity index (χ0n) is 18.0. The van der Waals surface area contributed by atoms with Crippen LogP contribution in [0.1, 0.15) is 25.3 Å². The van der Waals surface area contributed by atoms with E-state index >= 15 is 0 Å². The Balaban J connectivity index is 1.87. The molecule has 0 spiro atoms. The van der Waals surface area contributed by atoms with E-state index in [4.69, 9.17) is 5.73 Å². The Morgan fingerprint density at radius 3 is 2.52 bits per heavy atom. The lowest BCUT2D eigenvalue weighted by Crippen LogP contribution is -2.28. The Kier molecular flexibility index (Phi) is 6.65. The lowest BCUT2D eigenvalue weighted by atomic mass is 9.97. The molecule has 1 heterocycles. The van der Waals surface area contributed by atoms with Crippen molar-refractivity contribution in [3.63, 3.8) is 0 Å². The van der Waals surface area contributed by atoms with Gasteiger partial charge in [0.25, 0.3) is 6.43 Å². The first-order valence-corrected chi connectivity index (χ1v) is 10.6. The van der Waals surface area contributed by atoms with Crippen molar-refractivity contribution >= 4 is 22.4 Å². The fraction of sp³-hybridized carbons (Fsp3) is 0.200. The largest absolute Gasteiger partial charge is 0.368 e. The molecule has 0 fully saturated rings. The number of alkyl halides is 2. The molecule has 3 N–H and O–H groups in total. The van der Waals surface area contributed by atoms with Crippen LogP contribution in [0.2, 0.25) is 0 Å². The number of nitrogens with two attached hydrogens (primary N) is 1. The Labute approximate surface area is 189 Å². The molecule has 0 amide bonds. The molecule has 0 radical (unpaired) electrons. The average Bonchev–Trinajstić information content (AvgIpc) is 2.86. The molecule has 0 aliphatic heterocycles. The normalized spacial score (nSPS) is 12.2. The number of hydrogen-bond acceptors (Lipinski definition) is 6. The van der Waals surface area contributed by atoms with Crippen LogP contribution in [-0.2, 0) is 0 Å². The van der Waals surface area contributed by atoms with Gasteiger partial charge in [-0.15, -0.1) is 4.91 Å². The summed E-state index contributed by atoms with van der Waals surface area (Å²) in [5.41, 5.74) is 8.02. The minimum Gasteiger partial charge on any atom is -0.368 e. The highest BCUT2D eigenvalue weighted by atomic mass is 19.3. The SMILES string of the molecule is CCC(N)CNc1nc(-c2cc(-c3ccccc3C(F)F)ccc2N=O)nc2ccccc12. The molecule has 1 unspecified atom stereocenters. The lowest BCUT2D eigenvalue weighted by molar-refractivity contribution is 0.152. The van der Waals surface area contributed by atoms with Crippen LogP contribution in [-0.4, -0.2) is 22.6 Å². The zero-order chi connectivity index (χ0) is 23.4. The van der Waals surface area contributed by atoms with Crippen molar-refractivity contribution in [2.45, 2.75) is 25.8 Å². The number of anilines is 1. The fourth-order valence-corrected chi connectivity index (χ4v) is 3.62. The van der Waals surface area contributed by atoms with Gasteiger partial charge in [0.2, 0.25) is 0 Å². The molecule has 6 nitrogen and oxygen atoms in total. The maximum absolute atomic E-state index is 13.6. The lowest BCUT2D eigenvalue weighted by Gasteiger charge is -2.15. The topological polar surface area (TPSA) is 93.3 Å². The Morgan fingerprint density at radius 1 is 1.00 bits per heavy atom. The van der Waals surface area contributed by atoms with Crippen molar-refractivity contribution < 1.29 is 8.78 Å². The Hall–Kier alpha value is -3.78. The van der Waals surface area contributed by atoms with Crippen molar-refractivity contribution in [2.75, 3.05) is 11.9 Å². The van der Waals surface area contributed by atoms with E-state index in [0.29, 0.717) is 34.6 Å². The first-order valence-electron chi connectivity index (χ1n) is 10.6. The van der Waals surface area contributed by atoms with E-state index in [1.807, 2.05) is 31.2 Å². The monoisotopic (exact) mass is 447 g/mol. The molecule has 0 bridgehead atoms. The summed E-state index contributed by atoms with van der Waals surface area (Å²) in [7, 11) is 0. The van der Waals surface area contributed by atoms with Crippen LogP contribution in [0.25, 0.3) is 33.4 Å². The summed E-state index contributed by atoms with van der Waals surface area (Å²) >= 11 is 0. The van der Waals surface area contributed by atoms with Gasteiger partial charge in [0.1, 0.15) is 11.5 Å². The second-order valence-corrected chi connectivity index (χ2v) is 7.67. The second-order valence-electron chi connectivity index (χ2n) is 7.67. The minimum absolute atomic E-state index is 0.0523. The van der Waals surface area contributed by atoms with Crippen molar-refractivity contribution in [3.05, 3.63) is 77.2 Å². The quantitative estimate of drug-likeness (QED) is 0.303. The van der Waals surface area contributed by atoms with Gasteiger partial charge in [-0.05, 0) is 47.0 Å². The molecule has 0 aliphatic carbocycles. The number of nitrogens with zero attached hydrogens (tertiary/aromatic N) is 3. The molecule has 1 aromatic heterocycles. The molecule has 8 heteroatoms. The number of nitroso groups, excluding NO2 is 1. The molecule has 0 saturated heterocycles. The fourth-order valence-electron chi connectivity index (χ4n) is 3.62. The van der Waals surface area contributed by atoms with Gasteiger partial charge in [-0.25, -0.2) is 18.7 Å². The molecule has 1 atom stereocenters. The standard InChI is InChI=1S/C25H23F2N5O/c1-2-16(28)14-29-24-19-9-5-6-10-21(19)30-25(31-24)20-13-15(11-12-22(20)32-33)17-7-3-4-8-18(17)23(26)27/h3-13,16,23H,2,14,28H2,1H3,(H,29,30,31). The van der Waals surface area contributed by atoms with E-state index in [0.717, 1.165) is 11.8 Å². The first kappa shape index (κ1) is 22.4.